The molecule has 1 unspecified atom stereocenters. The molecule has 0 saturated carbocycles. The van der Waals surface area contributed by atoms with E-state index in [1.165, 1.54) is 0 Å². The zero-order valence-electron chi connectivity index (χ0n) is 3.04. The number of rotatable bonds is 1. The Bertz CT molecular complexity index is 58.4. The van der Waals surface area contributed by atoms with Crippen LogP contribution in [0.1, 0.15) is 0 Å². The monoisotopic (exact) mass is 150 g/mol. The zero-order chi connectivity index (χ0) is 6.08. The van der Waals surface area contributed by atoms with Crippen molar-refractivity contribution in [3.63, 3.8) is 0 Å². The number of thiol groups is 1. The van der Waals surface area contributed by atoms with Gasteiger partial charge in [0.1, 0.15) is 0 Å². The van der Waals surface area contributed by atoms with Gasteiger partial charge in [0.15, 0.2) is 0 Å². The molecule has 0 aliphatic rings. The van der Waals surface area contributed by atoms with Crippen molar-refractivity contribution in [3.05, 3.63) is 0 Å². The summed E-state index contributed by atoms with van der Waals surface area (Å²) in [7, 11) is 0. The zero-order valence-corrected chi connectivity index (χ0v) is 4.69. The van der Waals surface area contributed by atoms with Gasteiger partial charge in [0.25, 0.3) is 0 Å². The third-order valence-electron chi connectivity index (χ3n) is 0.263. The molecule has 0 aliphatic carbocycles. The van der Waals surface area contributed by atoms with Crippen LogP contribution in [0.25, 0.3) is 0 Å². The minimum absolute atomic E-state index is 2.51. The highest BCUT2D eigenvalue weighted by atomic mass is 35.5. The van der Waals surface area contributed by atoms with Crippen LogP contribution in [0.15, 0.2) is 0 Å². The summed E-state index contributed by atoms with van der Waals surface area (Å²) in [6, 6.07) is 0. The summed E-state index contributed by atoms with van der Waals surface area (Å²) in [6.45, 7) is 0. The number of alkyl halides is 4. The summed E-state index contributed by atoms with van der Waals surface area (Å²) >= 11 is 6.77. The highest BCUT2D eigenvalue weighted by Gasteiger charge is 2.33. The van der Waals surface area contributed by atoms with E-state index < -0.39 is 10.9 Å². The fraction of sp³-hybridized carbons (Fsp3) is 1.00. The Balaban J connectivity index is 3.54. The van der Waals surface area contributed by atoms with Crippen LogP contribution >= 0.6 is 24.2 Å². The summed E-state index contributed by atoms with van der Waals surface area (Å²) in [5.74, 6) is 0. The smallest absolute Gasteiger partial charge is 0.222 e. The van der Waals surface area contributed by atoms with Crippen molar-refractivity contribution in [2.75, 3.05) is 0 Å². The van der Waals surface area contributed by atoms with E-state index in [2.05, 4.69) is 24.2 Å². The number of hydrogen-bond acceptors (Lipinski definition) is 1. The average molecular weight is 151 g/mol. The minimum Gasteiger partial charge on any atom is -0.222 e. The molecule has 0 aliphatic heterocycles. The Kier molecular flexibility index (Phi) is 2.26. The normalized spacial score (nSPS) is 16.7. The predicted octanol–water partition coefficient (Wildman–Crippen LogP) is 2.04. The van der Waals surface area contributed by atoms with Crippen LogP contribution in [0, 0.1) is 0 Å². The molecule has 0 bridgehead atoms. The van der Waals surface area contributed by atoms with E-state index in [9.17, 15) is 13.2 Å². The molecule has 5 heteroatoms. The van der Waals surface area contributed by atoms with Crippen LogP contribution < -0.4 is 0 Å². The van der Waals surface area contributed by atoms with Gasteiger partial charge < -0.3 is 0 Å². The van der Waals surface area contributed by atoms with Gasteiger partial charge in [-0.15, -0.1) is 12.6 Å². The highest BCUT2D eigenvalue weighted by molar-refractivity contribution is 7.81. The molecule has 0 saturated heterocycles. The Labute approximate surface area is 49.1 Å². The minimum atomic E-state index is -3.71. The Morgan fingerprint density at radius 3 is 1.71 bits per heavy atom. The maximum Gasteiger partial charge on any atom is 0.335 e. The van der Waals surface area contributed by atoms with Gasteiger partial charge in [-0.25, -0.2) is 4.39 Å². The lowest BCUT2D eigenvalue weighted by Gasteiger charge is -2.05. The van der Waals surface area contributed by atoms with E-state index >= 15 is 0 Å². The van der Waals surface area contributed by atoms with Gasteiger partial charge in [0.05, 0.1) is 0 Å². The van der Waals surface area contributed by atoms with Gasteiger partial charge in [0.2, 0.25) is 5.63 Å². The largest absolute Gasteiger partial charge is 0.335 e. The predicted molar refractivity (Wildman–Crippen MR) is 24.7 cm³/mol. The van der Waals surface area contributed by atoms with Crippen LogP contribution in [0.2, 0.25) is 0 Å². The van der Waals surface area contributed by atoms with Gasteiger partial charge in [-0.1, -0.05) is 11.6 Å². The molecule has 0 rings (SSSR count). The number of halogens is 4. The molecule has 7 heavy (non-hydrogen) atoms. The van der Waals surface area contributed by atoms with E-state index in [0.29, 0.717) is 0 Å². The third-order valence-corrected chi connectivity index (χ3v) is 0.915. The molecule has 0 heterocycles. The van der Waals surface area contributed by atoms with Gasteiger partial charge in [-0.3, -0.25) is 0 Å². The SMILES string of the molecule is FC(Cl)C(F)(F)S. The fourth-order valence-corrected chi connectivity index (χ4v) is 0. The van der Waals surface area contributed by atoms with Gasteiger partial charge in [-0.2, -0.15) is 8.78 Å². The molecule has 0 aromatic carbocycles. The fourth-order valence-electron chi connectivity index (χ4n) is 0. The Hall–Kier alpha value is 0.430. The van der Waals surface area contributed by atoms with E-state index in [1.54, 1.807) is 0 Å². The maximum atomic E-state index is 11.2. The van der Waals surface area contributed by atoms with Crippen LogP contribution in [0.4, 0.5) is 13.2 Å². The molecule has 0 fully saturated rings. The Morgan fingerprint density at radius 2 is 1.71 bits per heavy atom. The summed E-state index contributed by atoms with van der Waals surface area (Å²) in [4.78, 5) is 0. The van der Waals surface area contributed by atoms with Crippen molar-refractivity contribution in [3.8, 4) is 0 Å². The first-order chi connectivity index (χ1) is 2.94. The molecule has 0 aromatic rings. The second kappa shape index (κ2) is 2.13. The first kappa shape index (κ1) is 7.43. The molecule has 0 radical (unpaired) electrons. The average Bonchev–Trinajstić information content (AvgIpc) is 1.31. The molecule has 44 valence electrons. The molecule has 0 nitrogen and oxygen atoms in total. The summed E-state index contributed by atoms with van der Waals surface area (Å²) in [5.41, 5.74) is -2.70. The van der Waals surface area contributed by atoms with Crippen molar-refractivity contribution >= 4 is 24.2 Å². The molecular formula is C2H2ClF3S. The van der Waals surface area contributed by atoms with Crippen molar-refractivity contribution in [2.24, 2.45) is 0 Å². The van der Waals surface area contributed by atoms with E-state index in [4.69, 9.17) is 0 Å². The third kappa shape index (κ3) is 3.05. The quantitative estimate of drug-likeness (QED) is 0.429. The lowest BCUT2D eigenvalue weighted by atomic mass is 10.8. The van der Waals surface area contributed by atoms with Crippen LogP contribution in [0.5, 0.6) is 0 Å². The molecule has 0 spiro atoms. The van der Waals surface area contributed by atoms with Crippen molar-refractivity contribution in [1.82, 2.24) is 0 Å². The molecule has 1 atom stereocenters. The number of hydrogen-bond donors (Lipinski definition) is 1. The van der Waals surface area contributed by atoms with Crippen molar-refractivity contribution in [1.29, 1.82) is 0 Å². The van der Waals surface area contributed by atoms with Crippen molar-refractivity contribution in [2.45, 2.75) is 10.9 Å². The first-order valence-electron chi connectivity index (χ1n) is 1.33. The maximum absolute atomic E-state index is 11.2. The molecular weight excluding hydrogens is 149 g/mol. The summed E-state index contributed by atoms with van der Waals surface area (Å²) < 4.78 is 33.6. The van der Waals surface area contributed by atoms with Gasteiger partial charge in [-0.05, 0) is 0 Å². The summed E-state index contributed by atoms with van der Waals surface area (Å²) in [5, 5.41) is -3.71. The van der Waals surface area contributed by atoms with E-state index in [0.717, 1.165) is 0 Å². The molecule has 0 aromatic heterocycles. The van der Waals surface area contributed by atoms with E-state index in [-0.39, 0.29) is 0 Å². The molecule has 0 N–H and O–H groups in total. The van der Waals surface area contributed by atoms with Crippen LogP contribution in [-0.4, -0.2) is 10.9 Å². The van der Waals surface area contributed by atoms with Crippen LogP contribution in [0.3, 0.4) is 0 Å². The summed E-state index contributed by atoms with van der Waals surface area (Å²) in [6.07, 6.45) is 0. The molecule has 0 amide bonds. The van der Waals surface area contributed by atoms with Crippen molar-refractivity contribution < 1.29 is 13.2 Å². The Morgan fingerprint density at radius 1 is 1.57 bits per heavy atom. The standard InChI is InChI=1S/C2H2ClF3S/c3-1(4)2(5,6)7/h1,7H. The van der Waals surface area contributed by atoms with E-state index in [1.807, 2.05) is 0 Å². The lowest BCUT2D eigenvalue weighted by Crippen LogP contribution is -2.16. The van der Waals surface area contributed by atoms with Crippen LogP contribution in [-0.2, 0) is 0 Å². The topological polar surface area (TPSA) is 0 Å². The first-order valence-corrected chi connectivity index (χ1v) is 2.21. The lowest BCUT2D eigenvalue weighted by molar-refractivity contribution is 0.0561. The van der Waals surface area contributed by atoms with Gasteiger partial charge in [0, 0.05) is 0 Å². The second-order valence-electron chi connectivity index (χ2n) is 0.888. The second-order valence-corrected chi connectivity index (χ2v) is 1.87. The highest BCUT2D eigenvalue weighted by Crippen LogP contribution is 2.27. The van der Waals surface area contributed by atoms with Gasteiger partial charge >= 0.3 is 5.25 Å².